The number of aliphatic imine (C=N–C) groups is 1. The zero-order chi connectivity index (χ0) is 20.9. The Labute approximate surface area is 178 Å². The normalized spacial score (nSPS) is 15.6. The van der Waals surface area contributed by atoms with Crippen molar-refractivity contribution in [3.63, 3.8) is 0 Å². The van der Waals surface area contributed by atoms with E-state index in [0.717, 1.165) is 66.7 Å². The highest BCUT2D eigenvalue weighted by Crippen LogP contribution is 2.25. The van der Waals surface area contributed by atoms with Gasteiger partial charge < -0.3 is 20.0 Å². The van der Waals surface area contributed by atoms with Crippen LogP contribution in [0.3, 0.4) is 0 Å². The number of benzene rings is 1. The van der Waals surface area contributed by atoms with Gasteiger partial charge in [0.25, 0.3) is 0 Å². The highest BCUT2D eigenvalue weighted by Gasteiger charge is 2.21. The summed E-state index contributed by atoms with van der Waals surface area (Å²) in [6.07, 6.45) is 2.12. The molecule has 3 heterocycles. The number of fused-ring (bicyclic) bond motifs is 1. The van der Waals surface area contributed by atoms with E-state index in [-0.39, 0.29) is 0 Å². The lowest BCUT2D eigenvalue weighted by atomic mass is 10.1. The van der Waals surface area contributed by atoms with Crippen molar-refractivity contribution in [1.29, 1.82) is 0 Å². The van der Waals surface area contributed by atoms with Gasteiger partial charge in [-0.3, -0.25) is 0 Å². The Balaban J connectivity index is 1.38. The maximum Gasteiger partial charge on any atom is 0.191 e. The number of nitrogens with zero attached hydrogens (tertiary/aromatic N) is 3. The second kappa shape index (κ2) is 9.20. The van der Waals surface area contributed by atoms with Crippen molar-refractivity contribution < 1.29 is 4.42 Å². The number of piperidine rings is 1. The molecule has 2 aromatic heterocycles. The van der Waals surface area contributed by atoms with Crippen LogP contribution in [0.2, 0.25) is 0 Å². The van der Waals surface area contributed by atoms with Crippen LogP contribution in [-0.4, -0.2) is 36.6 Å². The van der Waals surface area contributed by atoms with Crippen LogP contribution in [0, 0.1) is 13.8 Å². The topological polar surface area (TPSA) is 65.7 Å². The number of hydrogen-bond donors (Lipinski definition) is 2. The maximum atomic E-state index is 6.01. The van der Waals surface area contributed by atoms with Crippen LogP contribution in [-0.2, 0) is 6.54 Å². The smallest absolute Gasteiger partial charge is 0.191 e. The van der Waals surface area contributed by atoms with Crippen molar-refractivity contribution in [3.05, 3.63) is 59.5 Å². The third-order valence-corrected chi connectivity index (χ3v) is 5.70. The molecule has 0 unspecified atom stereocenters. The number of nitrogens with one attached hydrogen (secondary N) is 2. The minimum Gasteiger partial charge on any atom is -0.459 e. The van der Waals surface area contributed by atoms with E-state index in [4.69, 9.17) is 9.41 Å². The first-order valence-electron chi connectivity index (χ1n) is 10.8. The standard InChI is InChI=1S/C24H31N5O/c1-4-25-24(26-16-22-18(3)20-9-5-6-10-21(20)30-22)28-19-12-14-29(15-13-19)23-11-7-8-17(2)27-23/h5-11,19H,4,12-16H2,1-3H3,(H2,25,26,28). The summed E-state index contributed by atoms with van der Waals surface area (Å²) in [5.41, 5.74) is 3.16. The molecule has 1 saturated heterocycles. The summed E-state index contributed by atoms with van der Waals surface area (Å²) in [5, 5.41) is 8.15. The Morgan fingerprint density at radius 1 is 1.13 bits per heavy atom. The molecule has 1 aliphatic heterocycles. The van der Waals surface area contributed by atoms with Gasteiger partial charge >= 0.3 is 0 Å². The first kappa shape index (κ1) is 20.3. The third-order valence-electron chi connectivity index (χ3n) is 5.70. The number of anilines is 1. The number of para-hydroxylation sites is 1. The summed E-state index contributed by atoms with van der Waals surface area (Å²) >= 11 is 0. The minimum absolute atomic E-state index is 0.403. The molecule has 0 radical (unpaired) electrons. The van der Waals surface area contributed by atoms with Gasteiger partial charge in [0.05, 0.1) is 0 Å². The SMILES string of the molecule is CCNC(=NCc1oc2ccccc2c1C)NC1CCN(c2cccc(C)n2)CC1. The number of hydrogen-bond acceptors (Lipinski definition) is 4. The van der Waals surface area contributed by atoms with Crippen molar-refractivity contribution in [1.82, 2.24) is 15.6 Å². The Kier molecular flexibility index (Phi) is 6.21. The first-order valence-corrected chi connectivity index (χ1v) is 10.8. The molecule has 1 aromatic carbocycles. The largest absolute Gasteiger partial charge is 0.459 e. The molecule has 3 aromatic rings. The summed E-state index contributed by atoms with van der Waals surface area (Å²) < 4.78 is 6.01. The van der Waals surface area contributed by atoms with Gasteiger partial charge in [-0.1, -0.05) is 24.3 Å². The van der Waals surface area contributed by atoms with Crippen LogP contribution in [0.5, 0.6) is 0 Å². The van der Waals surface area contributed by atoms with Gasteiger partial charge in [0.2, 0.25) is 0 Å². The molecular formula is C24H31N5O. The van der Waals surface area contributed by atoms with Gasteiger partial charge in [0.1, 0.15) is 23.7 Å². The number of rotatable bonds is 5. The molecule has 0 bridgehead atoms. The number of furan rings is 1. The fraction of sp³-hybridized carbons (Fsp3) is 0.417. The predicted molar refractivity (Wildman–Crippen MR) is 123 cm³/mol. The van der Waals surface area contributed by atoms with Crippen LogP contribution in [0.25, 0.3) is 11.0 Å². The summed E-state index contributed by atoms with van der Waals surface area (Å²) in [7, 11) is 0. The second-order valence-electron chi connectivity index (χ2n) is 7.88. The average Bonchev–Trinajstić information content (AvgIpc) is 3.08. The summed E-state index contributed by atoms with van der Waals surface area (Å²) in [4.78, 5) is 11.8. The van der Waals surface area contributed by atoms with E-state index in [9.17, 15) is 0 Å². The summed E-state index contributed by atoms with van der Waals surface area (Å²) in [5.74, 6) is 2.85. The summed E-state index contributed by atoms with van der Waals surface area (Å²) in [6, 6.07) is 14.8. The van der Waals surface area contributed by atoms with E-state index in [0.29, 0.717) is 12.6 Å². The van der Waals surface area contributed by atoms with Gasteiger partial charge in [-0.25, -0.2) is 9.98 Å². The molecule has 6 nitrogen and oxygen atoms in total. The van der Waals surface area contributed by atoms with Gasteiger partial charge in [0.15, 0.2) is 5.96 Å². The maximum absolute atomic E-state index is 6.01. The molecule has 1 aliphatic rings. The Morgan fingerprint density at radius 3 is 2.67 bits per heavy atom. The summed E-state index contributed by atoms with van der Waals surface area (Å²) in [6.45, 7) is 9.59. The molecule has 1 fully saturated rings. The monoisotopic (exact) mass is 405 g/mol. The quantitative estimate of drug-likeness (QED) is 0.493. The van der Waals surface area contributed by atoms with Crippen molar-refractivity contribution in [2.45, 2.75) is 46.2 Å². The molecule has 6 heteroatoms. The lowest BCUT2D eigenvalue weighted by Crippen LogP contribution is -2.48. The molecular weight excluding hydrogens is 374 g/mol. The van der Waals surface area contributed by atoms with E-state index in [2.05, 4.69) is 52.6 Å². The van der Waals surface area contributed by atoms with Crippen molar-refractivity contribution in [2.24, 2.45) is 4.99 Å². The van der Waals surface area contributed by atoms with E-state index >= 15 is 0 Å². The zero-order valence-corrected chi connectivity index (χ0v) is 18.1. The molecule has 4 rings (SSSR count). The van der Waals surface area contributed by atoms with Crippen LogP contribution in [0.1, 0.15) is 36.8 Å². The van der Waals surface area contributed by atoms with Gasteiger partial charge in [-0.05, 0) is 51.8 Å². The number of aromatic nitrogens is 1. The van der Waals surface area contributed by atoms with Crippen LogP contribution in [0.15, 0.2) is 51.9 Å². The van der Waals surface area contributed by atoms with E-state index in [1.807, 2.05) is 31.2 Å². The lowest BCUT2D eigenvalue weighted by molar-refractivity contribution is 0.458. The van der Waals surface area contributed by atoms with E-state index < -0.39 is 0 Å². The number of aryl methyl sites for hydroxylation is 2. The fourth-order valence-electron chi connectivity index (χ4n) is 4.00. The molecule has 0 atom stereocenters. The van der Waals surface area contributed by atoms with Crippen LogP contribution >= 0.6 is 0 Å². The predicted octanol–water partition coefficient (Wildman–Crippen LogP) is 4.17. The number of guanidine groups is 1. The Hall–Kier alpha value is -3.02. The number of pyridine rings is 1. The van der Waals surface area contributed by atoms with E-state index in [1.165, 1.54) is 5.56 Å². The average molecular weight is 406 g/mol. The van der Waals surface area contributed by atoms with Crippen molar-refractivity contribution in [3.8, 4) is 0 Å². The third kappa shape index (κ3) is 4.58. The first-order chi connectivity index (χ1) is 14.6. The molecule has 30 heavy (non-hydrogen) atoms. The lowest BCUT2D eigenvalue weighted by Gasteiger charge is -2.34. The van der Waals surface area contributed by atoms with Gasteiger partial charge in [0, 0.05) is 42.3 Å². The minimum atomic E-state index is 0.403. The highest BCUT2D eigenvalue weighted by atomic mass is 16.3. The Bertz CT molecular complexity index is 1020. The molecule has 0 aliphatic carbocycles. The zero-order valence-electron chi connectivity index (χ0n) is 18.1. The molecule has 0 amide bonds. The van der Waals surface area contributed by atoms with Crippen LogP contribution in [0.4, 0.5) is 5.82 Å². The molecule has 2 N–H and O–H groups in total. The van der Waals surface area contributed by atoms with E-state index in [1.54, 1.807) is 0 Å². The van der Waals surface area contributed by atoms with Gasteiger partial charge in [-0.2, -0.15) is 0 Å². The highest BCUT2D eigenvalue weighted by molar-refractivity contribution is 5.82. The molecule has 0 spiro atoms. The second-order valence-corrected chi connectivity index (χ2v) is 7.88. The Morgan fingerprint density at radius 2 is 1.93 bits per heavy atom. The van der Waals surface area contributed by atoms with Gasteiger partial charge in [-0.15, -0.1) is 0 Å². The van der Waals surface area contributed by atoms with Crippen molar-refractivity contribution in [2.75, 3.05) is 24.5 Å². The van der Waals surface area contributed by atoms with Crippen LogP contribution < -0.4 is 15.5 Å². The molecule has 0 saturated carbocycles. The fourth-order valence-corrected chi connectivity index (χ4v) is 4.00. The van der Waals surface area contributed by atoms with Crippen molar-refractivity contribution >= 4 is 22.7 Å². The molecule has 158 valence electrons.